The third-order valence-electron chi connectivity index (χ3n) is 5.44. The molecule has 0 aliphatic carbocycles. The number of nitrogens with one attached hydrogen (secondary N) is 2. The molecular weight excluding hydrogens is 436 g/mol. The minimum absolute atomic E-state index is 0.00283. The lowest BCUT2D eigenvalue weighted by molar-refractivity contribution is 0.592. The second-order valence-corrected chi connectivity index (χ2v) is 9.50. The first-order valence-electron chi connectivity index (χ1n) is 9.57. The van der Waals surface area contributed by atoms with Gasteiger partial charge in [0.25, 0.3) is 10.0 Å². The molecule has 0 fully saturated rings. The highest BCUT2D eigenvalue weighted by molar-refractivity contribution is 7.92. The van der Waals surface area contributed by atoms with Gasteiger partial charge < -0.3 is 4.98 Å². The summed E-state index contributed by atoms with van der Waals surface area (Å²) < 4.78 is 29.3. The standard InChI is InChI=1S/C22H17ClN4O3S/c23-17-10-9-15(31(29,30)26-12-11-14-5-1-4-8-19(14)26)13-20(17)27-21(24)16-6-2-3-7-18(16)25-22(27)28/h1-10,13,24H,11-12H2,(H,25,28). The maximum Gasteiger partial charge on any atom is 0.332 e. The van der Waals surface area contributed by atoms with Gasteiger partial charge in [-0.2, -0.15) is 0 Å². The molecule has 0 bridgehead atoms. The number of nitrogens with zero attached hydrogens (tertiary/aromatic N) is 2. The van der Waals surface area contributed by atoms with Crippen LogP contribution >= 0.6 is 11.6 Å². The summed E-state index contributed by atoms with van der Waals surface area (Å²) >= 11 is 6.35. The van der Waals surface area contributed by atoms with Gasteiger partial charge in [-0.15, -0.1) is 0 Å². The lowest BCUT2D eigenvalue weighted by atomic mass is 10.2. The summed E-state index contributed by atoms with van der Waals surface area (Å²) in [7, 11) is -3.88. The first-order valence-corrected chi connectivity index (χ1v) is 11.4. The number of anilines is 1. The van der Waals surface area contributed by atoms with Crippen LogP contribution in [0.5, 0.6) is 0 Å². The fraction of sp³-hybridized carbons (Fsp3) is 0.0909. The van der Waals surface area contributed by atoms with Crippen molar-refractivity contribution in [1.82, 2.24) is 9.55 Å². The van der Waals surface area contributed by atoms with E-state index in [1.54, 1.807) is 36.4 Å². The van der Waals surface area contributed by atoms with Crippen LogP contribution in [-0.4, -0.2) is 24.5 Å². The Morgan fingerprint density at radius 2 is 1.71 bits per heavy atom. The van der Waals surface area contributed by atoms with Crippen LogP contribution in [-0.2, 0) is 16.4 Å². The van der Waals surface area contributed by atoms with Crippen molar-refractivity contribution in [3.8, 4) is 5.69 Å². The van der Waals surface area contributed by atoms with Gasteiger partial charge in [0.15, 0.2) is 0 Å². The van der Waals surface area contributed by atoms with Crippen molar-refractivity contribution in [2.75, 3.05) is 10.8 Å². The summed E-state index contributed by atoms with van der Waals surface area (Å²) in [6.07, 6.45) is 0.631. The first-order chi connectivity index (χ1) is 14.9. The molecule has 5 rings (SSSR count). The Morgan fingerprint density at radius 3 is 2.55 bits per heavy atom. The van der Waals surface area contributed by atoms with Crippen LogP contribution in [0.15, 0.2) is 76.4 Å². The fourth-order valence-electron chi connectivity index (χ4n) is 3.93. The van der Waals surface area contributed by atoms with E-state index in [0.717, 1.165) is 10.1 Å². The van der Waals surface area contributed by atoms with E-state index < -0.39 is 15.7 Å². The van der Waals surface area contributed by atoms with Crippen molar-refractivity contribution in [3.63, 3.8) is 0 Å². The average molecular weight is 453 g/mol. The summed E-state index contributed by atoms with van der Waals surface area (Å²) in [4.78, 5) is 15.5. The Kier molecular flexibility index (Phi) is 4.49. The van der Waals surface area contributed by atoms with Crippen LogP contribution < -0.4 is 15.5 Å². The lowest BCUT2D eigenvalue weighted by Crippen LogP contribution is -2.34. The van der Waals surface area contributed by atoms with Crippen molar-refractivity contribution >= 4 is 38.2 Å². The van der Waals surface area contributed by atoms with Gasteiger partial charge in [0.05, 0.1) is 26.8 Å². The van der Waals surface area contributed by atoms with Crippen LogP contribution in [0.4, 0.5) is 5.69 Å². The van der Waals surface area contributed by atoms with E-state index in [1.807, 2.05) is 12.1 Å². The number of aromatic amines is 1. The molecule has 2 heterocycles. The highest BCUT2D eigenvalue weighted by atomic mass is 35.5. The van der Waals surface area contributed by atoms with Crippen molar-refractivity contribution < 1.29 is 8.42 Å². The van der Waals surface area contributed by atoms with E-state index in [-0.39, 0.29) is 21.1 Å². The first kappa shape index (κ1) is 19.6. The van der Waals surface area contributed by atoms with E-state index in [0.29, 0.717) is 29.6 Å². The summed E-state index contributed by atoms with van der Waals surface area (Å²) in [5.41, 5.74) is 1.61. The molecule has 1 aromatic heterocycles. The second kappa shape index (κ2) is 7.11. The summed E-state index contributed by atoms with van der Waals surface area (Å²) in [6, 6.07) is 18.5. The van der Waals surface area contributed by atoms with Gasteiger partial charge in [-0.1, -0.05) is 41.9 Å². The Morgan fingerprint density at radius 1 is 0.968 bits per heavy atom. The van der Waals surface area contributed by atoms with Gasteiger partial charge in [-0.05, 0) is 48.4 Å². The molecule has 7 nitrogen and oxygen atoms in total. The maximum absolute atomic E-state index is 13.4. The Labute approximate surface area is 182 Å². The summed E-state index contributed by atoms with van der Waals surface area (Å²) in [6.45, 7) is 0.340. The van der Waals surface area contributed by atoms with Crippen LogP contribution in [0.2, 0.25) is 5.02 Å². The highest BCUT2D eigenvalue weighted by Gasteiger charge is 2.31. The number of benzene rings is 3. The number of aromatic nitrogens is 2. The zero-order chi connectivity index (χ0) is 21.8. The molecule has 31 heavy (non-hydrogen) atoms. The molecule has 0 unspecified atom stereocenters. The molecule has 0 spiro atoms. The molecule has 0 amide bonds. The number of fused-ring (bicyclic) bond motifs is 2. The van der Waals surface area contributed by atoms with Crippen LogP contribution in [0.25, 0.3) is 16.6 Å². The third kappa shape index (κ3) is 3.07. The van der Waals surface area contributed by atoms with Crippen LogP contribution in [0.1, 0.15) is 5.56 Å². The predicted octanol–water partition coefficient (Wildman–Crippen LogP) is 3.20. The normalized spacial score (nSPS) is 13.5. The molecule has 3 aromatic carbocycles. The Hall–Kier alpha value is -3.36. The number of hydrogen-bond acceptors (Lipinski definition) is 4. The number of sulfonamides is 1. The number of H-pyrrole nitrogens is 1. The SMILES string of the molecule is N=c1c2ccccc2[nH]c(=O)n1-c1cc(S(=O)(=O)N2CCc3ccccc32)ccc1Cl. The predicted molar refractivity (Wildman–Crippen MR) is 119 cm³/mol. The largest absolute Gasteiger partial charge is 0.332 e. The minimum atomic E-state index is -3.88. The van der Waals surface area contributed by atoms with Crippen LogP contribution in [0, 0.1) is 5.41 Å². The topological polar surface area (TPSA) is 99.0 Å². The monoisotopic (exact) mass is 452 g/mol. The number of halogens is 1. The molecule has 1 aliphatic heterocycles. The maximum atomic E-state index is 13.4. The molecule has 156 valence electrons. The van der Waals surface area contributed by atoms with E-state index in [1.165, 1.54) is 22.5 Å². The van der Waals surface area contributed by atoms with Crippen molar-refractivity contribution in [1.29, 1.82) is 5.41 Å². The molecule has 0 saturated carbocycles. The number of rotatable bonds is 3. The molecule has 0 atom stereocenters. The Bertz CT molecular complexity index is 1570. The van der Waals surface area contributed by atoms with E-state index in [2.05, 4.69) is 4.98 Å². The Balaban J connectivity index is 1.69. The summed E-state index contributed by atoms with van der Waals surface area (Å²) in [5, 5.41) is 9.21. The fourth-order valence-corrected chi connectivity index (χ4v) is 5.66. The summed E-state index contributed by atoms with van der Waals surface area (Å²) in [5.74, 6) is 0. The van der Waals surface area contributed by atoms with Gasteiger partial charge in [0, 0.05) is 11.9 Å². The quantitative estimate of drug-likeness (QED) is 0.499. The van der Waals surface area contributed by atoms with Crippen molar-refractivity contribution in [3.05, 3.63) is 93.3 Å². The smallest absolute Gasteiger partial charge is 0.306 e. The van der Waals surface area contributed by atoms with E-state index in [9.17, 15) is 13.2 Å². The molecule has 9 heteroatoms. The average Bonchev–Trinajstić information content (AvgIpc) is 3.20. The van der Waals surface area contributed by atoms with Crippen molar-refractivity contribution in [2.45, 2.75) is 11.3 Å². The molecule has 0 radical (unpaired) electrons. The van der Waals surface area contributed by atoms with Crippen molar-refractivity contribution in [2.24, 2.45) is 0 Å². The lowest BCUT2D eigenvalue weighted by Gasteiger charge is -2.20. The van der Waals surface area contributed by atoms with E-state index in [4.69, 9.17) is 17.0 Å². The number of para-hydroxylation sites is 2. The molecule has 0 saturated heterocycles. The second-order valence-electron chi connectivity index (χ2n) is 7.23. The minimum Gasteiger partial charge on any atom is -0.306 e. The highest BCUT2D eigenvalue weighted by Crippen LogP contribution is 2.33. The molecule has 1 aliphatic rings. The molecule has 4 aromatic rings. The van der Waals surface area contributed by atoms with Gasteiger partial charge >= 0.3 is 5.69 Å². The number of hydrogen-bond donors (Lipinski definition) is 2. The third-order valence-corrected chi connectivity index (χ3v) is 7.57. The van der Waals surface area contributed by atoms with Gasteiger partial charge in [-0.25, -0.2) is 17.8 Å². The van der Waals surface area contributed by atoms with Gasteiger partial charge in [0.2, 0.25) is 0 Å². The van der Waals surface area contributed by atoms with Gasteiger partial charge in [-0.3, -0.25) is 9.71 Å². The zero-order valence-electron chi connectivity index (χ0n) is 16.2. The van der Waals surface area contributed by atoms with Gasteiger partial charge in [0.1, 0.15) is 5.49 Å². The van der Waals surface area contributed by atoms with Crippen LogP contribution in [0.3, 0.4) is 0 Å². The zero-order valence-corrected chi connectivity index (χ0v) is 17.7. The molecular formula is C22H17ClN4O3S. The van der Waals surface area contributed by atoms with E-state index >= 15 is 0 Å². The molecule has 2 N–H and O–H groups in total.